The summed E-state index contributed by atoms with van der Waals surface area (Å²) in [5, 5.41) is 4.90. The lowest BCUT2D eigenvalue weighted by Gasteiger charge is -2.34. The van der Waals surface area contributed by atoms with Gasteiger partial charge in [0.05, 0.1) is 10.0 Å². The van der Waals surface area contributed by atoms with Gasteiger partial charge in [0.1, 0.15) is 6.29 Å². The van der Waals surface area contributed by atoms with Gasteiger partial charge in [0.25, 0.3) is 0 Å². The zero-order valence-corrected chi connectivity index (χ0v) is 19.3. The van der Waals surface area contributed by atoms with Crippen LogP contribution in [0.3, 0.4) is 0 Å². The summed E-state index contributed by atoms with van der Waals surface area (Å²) in [6.07, 6.45) is 5.53. The van der Waals surface area contributed by atoms with E-state index in [1.807, 2.05) is 0 Å². The number of thiophene rings is 1. The number of fused-ring (bicyclic) bond motifs is 1. The van der Waals surface area contributed by atoms with Gasteiger partial charge in [-0.3, -0.25) is 14.4 Å². The summed E-state index contributed by atoms with van der Waals surface area (Å²) in [5.74, 6) is 0.779. The molecule has 0 unspecified atom stereocenters. The number of aryl methyl sites for hydroxylation is 1. The average molecular weight is 452 g/mol. The molecule has 3 aromatic rings. The van der Waals surface area contributed by atoms with E-state index >= 15 is 0 Å². The van der Waals surface area contributed by atoms with Gasteiger partial charge in [0, 0.05) is 54.7 Å². The van der Waals surface area contributed by atoms with E-state index in [1.165, 1.54) is 45.7 Å². The van der Waals surface area contributed by atoms with Crippen LogP contribution in [0.5, 0.6) is 0 Å². The first-order chi connectivity index (χ1) is 15.1. The Hall–Kier alpha value is -2.21. The van der Waals surface area contributed by atoms with Crippen LogP contribution in [0, 0.1) is 0 Å². The lowest BCUT2D eigenvalue weighted by molar-refractivity contribution is -0.105. The highest BCUT2D eigenvalue weighted by Crippen LogP contribution is 2.47. The van der Waals surface area contributed by atoms with Crippen LogP contribution in [-0.4, -0.2) is 34.1 Å². The fourth-order valence-electron chi connectivity index (χ4n) is 4.67. The van der Waals surface area contributed by atoms with Gasteiger partial charge in [0.2, 0.25) is 0 Å². The van der Waals surface area contributed by atoms with Crippen molar-refractivity contribution in [1.82, 2.24) is 14.7 Å². The molecule has 5 rings (SSSR count). The van der Waals surface area contributed by atoms with Gasteiger partial charge >= 0.3 is 0 Å². The Balaban J connectivity index is 1.60. The third kappa shape index (κ3) is 4.02. The molecule has 0 amide bonds. The van der Waals surface area contributed by atoms with Crippen molar-refractivity contribution in [2.75, 3.05) is 13.1 Å². The Morgan fingerprint density at radius 3 is 2.84 bits per heavy atom. The molecule has 1 saturated carbocycles. The molecule has 0 saturated heterocycles. The maximum absolute atomic E-state index is 11.2. The molecule has 2 aromatic heterocycles. The van der Waals surface area contributed by atoms with E-state index in [2.05, 4.69) is 59.6 Å². The molecule has 160 valence electrons. The minimum atomic E-state index is 0.195. The van der Waals surface area contributed by atoms with Crippen LogP contribution in [0.1, 0.15) is 53.3 Å². The SMILES string of the molecule is C=C(C=O)CN1Cc2sc(Cl)cc2[C@H](c2ccccc2-c2cn(CC)nc2C2CC2)C1. The van der Waals surface area contributed by atoms with E-state index in [0.717, 1.165) is 30.3 Å². The number of benzene rings is 1. The topological polar surface area (TPSA) is 38.1 Å². The van der Waals surface area contributed by atoms with Crippen molar-refractivity contribution < 1.29 is 4.79 Å². The summed E-state index contributed by atoms with van der Waals surface area (Å²) < 4.78 is 2.88. The Morgan fingerprint density at radius 1 is 1.29 bits per heavy atom. The van der Waals surface area contributed by atoms with Crippen LogP contribution in [0.2, 0.25) is 4.34 Å². The number of aldehydes is 1. The normalized spacial score (nSPS) is 18.7. The lowest BCUT2D eigenvalue weighted by Crippen LogP contribution is -2.34. The van der Waals surface area contributed by atoms with E-state index in [4.69, 9.17) is 16.7 Å². The number of hydrogen-bond acceptors (Lipinski definition) is 4. The predicted molar refractivity (Wildman–Crippen MR) is 127 cm³/mol. The number of nitrogens with zero attached hydrogens (tertiary/aromatic N) is 3. The van der Waals surface area contributed by atoms with Gasteiger partial charge < -0.3 is 0 Å². The third-order valence-electron chi connectivity index (χ3n) is 6.29. The first kappa shape index (κ1) is 20.7. The van der Waals surface area contributed by atoms with Crippen LogP contribution in [0.25, 0.3) is 11.1 Å². The van der Waals surface area contributed by atoms with Gasteiger partial charge in [-0.15, -0.1) is 11.3 Å². The Morgan fingerprint density at radius 2 is 2.10 bits per heavy atom. The summed E-state index contributed by atoms with van der Waals surface area (Å²) in [5.41, 5.74) is 6.98. The summed E-state index contributed by atoms with van der Waals surface area (Å²) in [6.45, 7) is 9.13. The van der Waals surface area contributed by atoms with Crippen LogP contribution >= 0.6 is 22.9 Å². The zero-order chi connectivity index (χ0) is 21.5. The molecule has 1 aromatic carbocycles. The highest BCUT2D eigenvalue weighted by Gasteiger charge is 2.33. The van der Waals surface area contributed by atoms with Crippen molar-refractivity contribution in [2.45, 2.75) is 44.7 Å². The molecular formula is C25H26ClN3OS. The van der Waals surface area contributed by atoms with E-state index in [1.54, 1.807) is 11.3 Å². The monoisotopic (exact) mass is 451 g/mol. The molecular weight excluding hydrogens is 426 g/mol. The summed E-state index contributed by atoms with van der Waals surface area (Å²) in [4.78, 5) is 14.8. The van der Waals surface area contributed by atoms with Crippen LogP contribution in [-0.2, 0) is 17.9 Å². The van der Waals surface area contributed by atoms with E-state index in [-0.39, 0.29) is 5.92 Å². The molecule has 4 nitrogen and oxygen atoms in total. The molecule has 2 aliphatic rings. The minimum absolute atomic E-state index is 0.195. The van der Waals surface area contributed by atoms with Crippen LogP contribution in [0.15, 0.2) is 48.7 Å². The van der Waals surface area contributed by atoms with Crippen molar-refractivity contribution >= 4 is 29.2 Å². The molecule has 3 heterocycles. The smallest absolute Gasteiger partial charge is 0.146 e. The molecule has 0 bridgehead atoms. The lowest BCUT2D eigenvalue weighted by atomic mass is 9.83. The van der Waals surface area contributed by atoms with Crippen LogP contribution in [0.4, 0.5) is 0 Å². The zero-order valence-electron chi connectivity index (χ0n) is 17.7. The molecule has 0 spiro atoms. The minimum Gasteiger partial charge on any atom is -0.298 e. The summed E-state index contributed by atoms with van der Waals surface area (Å²) in [6, 6.07) is 10.8. The van der Waals surface area contributed by atoms with Gasteiger partial charge in [-0.25, -0.2) is 0 Å². The molecule has 1 fully saturated rings. The molecule has 0 radical (unpaired) electrons. The Labute approximate surface area is 192 Å². The highest BCUT2D eigenvalue weighted by molar-refractivity contribution is 7.16. The summed E-state index contributed by atoms with van der Waals surface area (Å²) >= 11 is 8.10. The van der Waals surface area contributed by atoms with Crippen LogP contribution < -0.4 is 0 Å². The third-order valence-corrected chi connectivity index (χ3v) is 7.56. The number of aromatic nitrogens is 2. The van der Waals surface area contributed by atoms with Gasteiger partial charge in [-0.1, -0.05) is 42.4 Å². The Bertz CT molecular complexity index is 1140. The number of carbonyl (C=O) groups excluding carboxylic acids is 1. The van der Waals surface area contributed by atoms with Crippen molar-refractivity contribution in [1.29, 1.82) is 0 Å². The fourth-order valence-corrected chi connectivity index (χ4v) is 6.06. The van der Waals surface area contributed by atoms with Crippen molar-refractivity contribution in [3.63, 3.8) is 0 Å². The first-order valence-corrected chi connectivity index (χ1v) is 12.1. The fraction of sp³-hybridized carbons (Fsp3) is 0.360. The first-order valence-electron chi connectivity index (χ1n) is 10.9. The molecule has 1 aliphatic carbocycles. The van der Waals surface area contributed by atoms with Gasteiger partial charge in [-0.05, 0) is 48.1 Å². The standard InChI is InChI=1S/C25H26ClN3OS/c1-3-29-13-22(25(27-29)17-8-9-17)19-7-5-4-6-18(19)21-12-28(11-16(2)15-30)14-23-20(21)10-24(26)31-23/h4-7,10,13,15,17,21H,2-3,8-9,11-12,14H2,1H3/t21-/m0/s1. The van der Waals surface area contributed by atoms with Gasteiger partial charge in [-0.2, -0.15) is 5.10 Å². The Kier molecular flexibility index (Phi) is 5.59. The van der Waals surface area contributed by atoms with Crippen molar-refractivity contribution in [3.8, 4) is 11.1 Å². The van der Waals surface area contributed by atoms with Crippen molar-refractivity contribution in [2.24, 2.45) is 0 Å². The second-order valence-corrected chi connectivity index (χ2v) is 10.3. The molecule has 1 atom stereocenters. The maximum Gasteiger partial charge on any atom is 0.146 e. The molecule has 0 N–H and O–H groups in total. The van der Waals surface area contributed by atoms with E-state index < -0.39 is 0 Å². The summed E-state index contributed by atoms with van der Waals surface area (Å²) in [7, 11) is 0. The quantitative estimate of drug-likeness (QED) is 0.333. The van der Waals surface area contributed by atoms with E-state index in [0.29, 0.717) is 18.0 Å². The molecule has 1 aliphatic heterocycles. The molecule has 31 heavy (non-hydrogen) atoms. The number of carbonyl (C=O) groups is 1. The van der Waals surface area contributed by atoms with Crippen molar-refractivity contribution in [3.05, 3.63) is 74.7 Å². The largest absolute Gasteiger partial charge is 0.298 e. The van der Waals surface area contributed by atoms with E-state index in [9.17, 15) is 4.79 Å². The highest BCUT2D eigenvalue weighted by atomic mass is 35.5. The number of rotatable bonds is 7. The predicted octanol–water partition coefficient (Wildman–Crippen LogP) is 5.86. The second kappa shape index (κ2) is 8.38. The van der Waals surface area contributed by atoms with Gasteiger partial charge in [0.15, 0.2) is 0 Å². The number of halogens is 1. The average Bonchev–Trinajstić information content (AvgIpc) is 3.42. The second-order valence-electron chi connectivity index (χ2n) is 8.57. The molecule has 6 heteroatoms. The number of hydrogen-bond donors (Lipinski definition) is 0. The maximum atomic E-state index is 11.2.